The quantitative estimate of drug-likeness (QED) is 0.120. The maximum Gasteiger partial charge on any atom is 0.240 e. The first-order chi connectivity index (χ1) is 16.7. The molecule has 0 saturated heterocycles. The van der Waals surface area contributed by atoms with Crippen molar-refractivity contribution in [3.05, 3.63) is 95.9 Å². The topological polar surface area (TPSA) is 48.4 Å². The third-order valence-electron chi connectivity index (χ3n) is 4.68. The second-order valence-corrected chi connectivity index (χ2v) is 8.15. The van der Waals surface area contributed by atoms with Crippen molar-refractivity contribution in [2.75, 3.05) is 7.11 Å². The molecular formula is C24H15ClF5NO3S. The minimum Gasteiger partial charge on any atom is -0.496 e. The van der Waals surface area contributed by atoms with Gasteiger partial charge in [-0.2, -0.15) is 8.78 Å². The number of ether oxygens (including phenoxy) is 1. The van der Waals surface area contributed by atoms with Crippen LogP contribution in [0.25, 0.3) is 22.0 Å². The molecule has 11 heteroatoms. The highest BCUT2D eigenvalue weighted by molar-refractivity contribution is 7.80. The number of hydrogen-bond donors (Lipinski definition) is 0. The van der Waals surface area contributed by atoms with Gasteiger partial charge in [0.2, 0.25) is 45.9 Å². The summed E-state index contributed by atoms with van der Waals surface area (Å²) in [5, 5.41) is 1.58. The Morgan fingerprint density at radius 2 is 1.51 bits per heavy atom. The molecule has 3 aromatic carbocycles. The number of methoxy groups -OCH3 is 1. The molecule has 1 atom stereocenters. The van der Waals surface area contributed by atoms with Gasteiger partial charge < -0.3 is 8.92 Å². The van der Waals surface area contributed by atoms with E-state index in [0.29, 0.717) is 32.8 Å². The van der Waals surface area contributed by atoms with Crippen LogP contribution < -0.4 is 8.92 Å². The Bertz CT molecular complexity index is 1420. The summed E-state index contributed by atoms with van der Waals surface area (Å²) in [5.41, 5.74) is 1.14. The Morgan fingerprint density at radius 1 is 0.886 bits per heavy atom. The van der Waals surface area contributed by atoms with E-state index in [1.165, 1.54) is 31.5 Å². The number of rotatable bonds is 5. The monoisotopic (exact) mass is 527 g/mol. The Morgan fingerprint density at radius 3 is 2.14 bits per heavy atom. The van der Waals surface area contributed by atoms with Crippen molar-refractivity contribution in [1.29, 1.82) is 0 Å². The van der Waals surface area contributed by atoms with E-state index in [-0.39, 0.29) is 4.90 Å². The van der Waals surface area contributed by atoms with Crippen LogP contribution in [0.15, 0.2) is 66.7 Å². The Hall–Kier alpha value is -3.50. The lowest BCUT2D eigenvalue weighted by atomic mass is 10.0. The molecular weight excluding hydrogens is 513 g/mol. The predicted molar refractivity (Wildman–Crippen MR) is 123 cm³/mol. The molecule has 0 fully saturated rings. The highest BCUT2D eigenvalue weighted by Crippen LogP contribution is 2.36. The van der Waals surface area contributed by atoms with Crippen LogP contribution in [0.5, 0.6) is 11.5 Å². The van der Waals surface area contributed by atoms with Gasteiger partial charge in [-0.05, 0) is 41.8 Å². The molecule has 35 heavy (non-hydrogen) atoms. The van der Waals surface area contributed by atoms with Gasteiger partial charge in [-0.25, -0.2) is 17.4 Å². The van der Waals surface area contributed by atoms with Gasteiger partial charge in [0.05, 0.1) is 17.7 Å². The van der Waals surface area contributed by atoms with Gasteiger partial charge in [-0.1, -0.05) is 17.7 Å². The second kappa shape index (κ2) is 10.8. The Balaban J connectivity index is 0.00000167. The first-order valence-electron chi connectivity index (χ1n) is 9.57. The highest BCUT2D eigenvalue weighted by atomic mass is 35.5. The van der Waals surface area contributed by atoms with E-state index in [1.54, 1.807) is 24.3 Å². The van der Waals surface area contributed by atoms with Crippen LogP contribution in [0.4, 0.5) is 22.0 Å². The van der Waals surface area contributed by atoms with Crippen molar-refractivity contribution >= 4 is 33.5 Å². The van der Waals surface area contributed by atoms with Crippen molar-refractivity contribution in [2.45, 2.75) is 4.90 Å². The molecule has 0 aliphatic carbocycles. The van der Waals surface area contributed by atoms with Crippen LogP contribution in [-0.2, 0) is 11.1 Å². The fourth-order valence-corrected chi connectivity index (χ4v) is 4.08. The van der Waals surface area contributed by atoms with Gasteiger partial charge in [-0.15, -0.1) is 13.2 Å². The molecule has 182 valence electrons. The number of aromatic nitrogens is 1. The summed E-state index contributed by atoms with van der Waals surface area (Å²) in [5.74, 6) is -12.4. The SMILES string of the molecule is C=C.COc1cc(Cl)ccc1-c1nccc2cc(S(=O)Oc3c(F)c(F)c(F)c(F)c3F)ccc12. The molecule has 1 aromatic heterocycles. The third-order valence-corrected chi connectivity index (χ3v) is 5.87. The lowest BCUT2D eigenvalue weighted by Gasteiger charge is -2.12. The minimum atomic E-state index is -2.59. The summed E-state index contributed by atoms with van der Waals surface area (Å²) < 4.78 is 90.2. The maximum atomic E-state index is 13.9. The molecule has 0 amide bonds. The van der Waals surface area contributed by atoms with Crippen LogP contribution in [-0.4, -0.2) is 16.3 Å². The Kier molecular flexibility index (Phi) is 8.08. The van der Waals surface area contributed by atoms with Gasteiger partial charge in [0.15, 0.2) is 0 Å². The van der Waals surface area contributed by atoms with E-state index in [9.17, 15) is 26.2 Å². The van der Waals surface area contributed by atoms with E-state index < -0.39 is 45.9 Å². The smallest absolute Gasteiger partial charge is 0.240 e. The average molecular weight is 528 g/mol. The summed E-state index contributed by atoms with van der Waals surface area (Å²) in [6.07, 6.45) is 1.48. The summed E-state index contributed by atoms with van der Waals surface area (Å²) in [6, 6.07) is 10.8. The summed E-state index contributed by atoms with van der Waals surface area (Å²) in [7, 11) is 1.47. The lowest BCUT2D eigenvalue weighted by Crippen LogP contribution is -2.09. The fourth-order valence-electron chi connectivity index (χ4n) is 3.12. The van der Waals surface area contributed by atoms with Gasteiger partial charge in [0.25, 0.3) is 0 Å². The summed E-state index contributed by atoms with van der Waals surface area (Å²) >= 11 is 3.41. The van der Waals surface area contributed by atoms with Crippen molar-refractivity contribution < 1.29 is 35.1 Å². The maximum absolute atomic E-state index is 13.9. The van der Waals surface area contributed by atoms with E-state index in [0.717, 1.165) is 0 Å². The van der Waals surface area contributed by atoms with Crippen molar-refractivity contribution in [3.8, 4) is 22.8 Å². The van der Waals surface area contributed by atoms with Crippen LogP contribution in [0, 0.1) is 29.1 Å². The van der Waals surface area contributed by atoms with E-state index in [2.05, 4.69) is 22.3 Å². The molecule has 4 nitrogen and oxygen atoms in total. The van der Waals surface area contributed by atoms with Crippen molar-refractivity contribution in [3.63, 3.8) is 0 Å². The van der Waals surface area contributed by atoms with Crippen LogP contribution >= 0.6 is 11.6 Å². The molecule has 1 heterocycles. The van der Waals surface area contributed by atoms with E-state index >= 15 is 0 Å². The first kappa shape index (κ1) is 26.1. The van der Waals surface area contributed by atoms with Crippen LogP contribution in [0.2, 0.25) is 5.02 Å². The van der Waals surface area contributed by atoms with Crippen molar-refractivity contribution in [1.82, 2.24) is 4.98 Å². The molecule has 0 aliphatic heterocycles. The van der Waals surface area contributed by atoms with E-state index in [4.69, 9.17) is 16.3 Å². The summed E-state index contributed by atoms with van der Waals surface area (Å²) in [4.78, 5) is 4.28. The number of benzene rings is 3. The van der Waals surface area contributed by atoms with Gasteiger partial charge >= 0.3 is 0 Å². The molecule has 0 bridgehead atoms. The Labute approximate surface area is 204 Å². The number of halogens is 6. The van der Waals surface area contributed by atoms with E-state index in [1.807, 2.05) is 0 Å². The highest BCUT2D eigenvalue weighted by Gasteiger charge is 2.29. The largest absolute Gasteiger partial charge is 0.496 e. The molecule has 0 spiro atoms. The van der Waals surface area contributed by atoms with Crippen LogP contribution in [0.1, 0.15) is 0 Å². The van der Waals surface area contributed by atoms with Gasteiger partial charge in [0.1, 0.15) is 5.75 Å². The number of nitrogens with zero attached hydrogens (tertiary/aromatic N) is 1. The summed E-state index contributed by atoms with van der Waals surface area (Å²) in [6.45, 7) is 6.00. The van der Waals surface area contributed by atoms with Gasteiger partial charge in [-0.3, -0.25) is 4.98 Å². The molecule has 1 unspecified atom stereocenters. The zero-order valence-electron chi connectivity index (χ0n) is 17.9. The molecule has 0 N–H and O–H groups in total. The zero-order valence-corrected chi connectivity index (χ0v) is 19.5. The normalized spacial score (nSPS) is 11.5. The fraction of sp³-hybridized carbons (Fsp3) is 0.0417. The van der Waals surface area contributed by atoms with Crippen LogP contribution in [0.3, 0.4) is 0 Å². The minimum absolute atomic E-state index is 0.0772. The first-order valence-corrected chi connectivity index (χ1v) is 11.0. The number of fused-ring (bicyclic) bond motifs is 1. The molecule has 4 rings (SSSR count). The molecule has 4 aromatic rings. The third kappa shape index (κ3) is 4.98. The second-order valence-electron chi connectivity index (χ2n) is 6.60. The molecule has 0 saturated carbocycles. The standard InChI is InChI=1S/C22H11ClF5NO3S.C2H4/c1-31-15-9-11(23)2-4-14(15)21-13-5-3-12(8-10(13)6-7-29-21)33(30)32-22-19(27)17(25)16(24)18(26)20(22)28;1-2/h2-9H,1H3;1-2H2. The molecule has 0 radical (unpaired) electrons. The average Bonchev–Trinajstić information content (AvgIpc) is 2.89. The zero-order chi connectivity index (χ0) is 25.9. The molecule has 0 aliphatic rings. The van der Waals surface area contributed by atoms with Gasteiger partial charge in [0, 0.05) is 22.2 Å². The number of hydrogen-bond acceptors (Lipinski definition) is 4. The predicted octanol–water partition coefficient (Wildman–Crippen LogP) is 7.16. The lowest BCUT2D eigenvalue weighted by molar-refractivity contribution is 0.352. The van der Waals surface area contributed by atoms with Crippen molar-refractivity contribution in [2.24, 2.45) is 0 Å². The number of pyridine rings is 1.